The molecule has 0 unspecified atom stereocenters. The van der Waals surface area contributed by atoms with Crippen molar-refractivity contribution in [1.29, 1.82) is 0 Å². The van der Waals surface area contributed by atoms with Gasteiger partial charge in [0.05, 0.1) is 21.8 Å². The van der Waals surface area contributed by atoms with Gasteiger partial charge in [-0.25, -0.2) is 4.39 Å². The van der Waals surface area contributed by atoms with Crippen molar-refractivity contribution in [2.45, 2.75) is 19.9 Å². The zero-order valence-electron chi connectivity index (χ0n) is 10.0. The molecule has 0 spiro atoms. The van der Waals surface area contributed by atoms with Crippen LogP contribution < -0.4 is 5.32 Å². The number of hydrogen-bond acceptors (Lipinski definition) is 3. The van der Waals surface area contributed by atoms with Gasteiger partial charge >= 0.3 is 0 Å². The zero-order chi connectivity index (χ0) is 13.3. The van der Waals surface area contributed by atoms with E-state index in [2.05, 4.69) is 24.2 Å². The molecular formula is C12H13Cl2FN2S. The van der Waals surface area contributed by atoms with Crippen molar-refractivity contribution in [3.05, 3.63) is 28.0 Å². The summed E-state index contributed by atoms with van der Waals surface area (Å²) in [5.41, 5.74) is 0.510. The van der Waals surface area contributed by atoms with Crippen LogP contribution in [-0.2, 0) is 0 Å². The quantitative estimate of drug-likeness (QED) is 0.858. The number of aliphatic imine (C=N–C) groups is 1. The Morgan fingerprint density at radius 3 is 2.50 bits per heavy atom. The average molecular weight is 307 g/mol. The van der Waals surface area contributed by atoms with E-state index in [-0.39, 0.29) is 10.0 Å². The summed E-state index contributed by atoms with van der Waals surface area (Å²) >= 11 is 13.5. The minimum atomic E-state index is -0.448. The van der Waals surface area contributed by atoms with Crippen LogP contribution in [0.3, 0.4) is 0 Å². The molecule has 0 amide bonds. The maximum Gasteiger partial charge on any atom is 0.161 e. The van der Waals surface area contributed by atoms with E-state index in [0.717, 1.165) is 10.9 Å². The number of anilines is 1. The lowest BCUT2D eigenvalue weighted by molar-refractivity contribution is 0.543. The molecule has 1 aromatic rings. The number of nitrogens with zero attached hydrogens (tertiary/aromatic N) is 1. The maximum atomic E-state index is 13.1. The van der Waals surface area contributed by atoms with Gasteiger partial charge in [-0.2, -0.15) is 0 Å². The van der Waals surface area contributed by atoms with Crippen molar-refractivity contribution in [2.75, 3.05) is 11.1 Å². The predicted molar refractivity (Wildman–Crippen MR) is 78.6 cm³/mol. The van der Waals surface area contributed by atoms with Gasteiger partial charge in [-0.3, -0.25) is 4.99 Å². The molecule has 0 fully saturated rings. The number of hydrogen-bond donors (Lipinski definition) is 1. The largest absolute Gasteiger partial charge is 0.333 e. The van der Waals surface area contributed by atoms with Crippen molar-refractivity contribution in [3.63, 3.8) is 0 Å². The van der Waals surface area contributed by atoms with E-state index in [4.69, 9.17) is 23.2 Å². The third-order valence-electron chi connectivity index (χ3n) is 2.68. The Balaban J connectivity index is 2.18. The number of benzene rings is 1. The highest BCUT2D eigenvalue weighted by atomic mass is 35.5. The first kappa shape index (κ1) is 14.0. The normalized spacial score (nSPS) is 19.2. The van der Waals surface area contributed by atoms with Crippen LogP contribution in [0.1, 0.15) is 13.8 Å². The first-order chi connectivity index (χ1) is 8.47. The minimum absolute atomic E-state index is 0.260. The molecule has 1 atom stereocenters. The van der Waals surface area contributed by atoms with Crippen molar-refractivity contribution >= 4 is 45.8 Å². The lowest BCUT2D eigenvalue weighted by atomic mass is 10.1. The summed E-state index contributed by atoms with van der Waals surface area (Å²) in [6.45, 7) is 4.27. The molecule has 1 N–H and O–H groups in total. The molecule has 0 aliphatic carbocycles. The second-order valence-corrected chi connectivity index (χ2v) is 6.25. The summed E-state index contributed by atoms with van der Waals surface area (Å²) in [7, 11) is 0. The van der Waals surface area contributed by atoms with Crippen LogP contribution in [0.2, 0.25) is 10.0 Å². The molecule has 1 aliphatic rings. The van der Waals surface area contributed by atoms with Gasteiger partial charge in [0.2, 0.25) is 0 Å². The van der Waals surface area contributed by atoms with Gasteiger partial charge in [0.1, 0.15) is 5.82 Å². The Morgan fingerprint density at radius 1 is 1.39 bits per heavy atom. The molecule has 1 aromatic carbocycles. The van der Waals surface area contributed by atoms with Gasteiger partial charge < -0.3 is 5.32 Å². The van der Waals surface area contributed by atoms with Crippen LogP contribution in [0.4, 0.5) is 10.1 Å². The Labute approximate surface area is 120 Å². The van der Waals surface area contributed by atoms with E-state index in [9.17, 15) is 4.39 Å². The number of thioether (sulfide) groups is 1. The van der Waals surface area contributed by atoms with Crippen LogP contribution in [0.15, 0.2) is 17.1 Å². The summed E-state index contributed by atoms with van der Waals surface area (Å²) in [6, 6.07) is 2.77. The summed E-state index contributed by atoms with van der Waals surface area (Å²) in [6.07, 6.45) is 0. The first-order valence-electron chi connectivity index (χ1n) is 5.59. The van der Waals surface area contributed by atoms with E-state index < -0.39 is 5.82 Å². The Morgan fingerprint density at radius 2 is 2.00 bits per heavy atom. The molecule has 0 saturated carbocycles. The van der Waals surface area contributed by atoms with Crippen LogP contribution in [0.25, 0.3) is 0 Å². The van der Waals surface area contributed by atoms with Crippen molar-refractivity contribution < 1.29 is 4.39 Å². The van der Waals surface area contributed by atoms with Crippen LogP contribution >= 0.6 is 35.0 Å². The zero-order valence-corrected chi connectivity index (χ0v) is 12.3. The average Bonchev–Trinajstić information content (AvgIpc) is 2.71. The van der Waals surface area contributed by atoms with Gasteiger partial charge in [-0.1, -0.05) is 48.8 Å². The number of halogens is 3. The maximum absolute atomic E-state index is 13.1. The molecule has 0 saturated heterocycles. The van der Waals surface area contributed by atoms with E-state index >= 15 is 0 Å². The summed E-state index contributed by atoms with van der Waals surface area (Å²) < 4.78 is 13.1. The molecular weight excluding hydrogens is 294 g/mol. The molecule has 0 aromatic heterocycles. The first-order valence-corrected chi connectivity index (χ1v) is 7.33. The predicted octanol–water partition coefficient (Wildman–Crippen LogP) is 4.67. The summed E-state index contributed by atoms with van der Waals surface area (Å²) in [4.78, 5) is 4.54. The standard InChI is InChI=1S/C12H13Cl2FN2S/c1-6(2)10-5-18-12(16-10)17-11-8(13)3-7(15)4-9(11)14/h3-4,6,10H,5H2,1-2H3,(H,16,17)/t10-/m1/s1. The smallest absolute Gasteiger partial charge is 0.161 e. The van der Waals surface area contributed by atoms with Gasteiger partial charge in [0.25, 0.3) is 0 Å². The van der Waals surface area contributed by atoms with E-state index in [1.165, 1.54) is 12.1 Å². The Hall–Kier alpha value is -0.450. The van der Waals surface area contributed by atoms with E-state index in [1.807, 2.05) is 0 Å². The highest BCUT2D eigenvalue weighted by molar-refractivity contribution is 8.14. The van der Waals surface area contributed by atoms with Crippen molar-refractivity contribution in [1.82, 2.24) is 0 Å². The SMILES string of the molecule is CC(C)[C@H]1CSC(Nc2c(Cl)cc(F)cc2Cl)=N1. The lowest BCUT2D eigenvalue weighted by Gasteiger charge is -2.10. The number of amidine groups is 1. The molecule has 1 aliphatic heterocycles. The molecule has 2 nitrogen and oxygen atoms in total. The molecule has 6 heteroatoms. The Bertz CT molecular complexity index is 468. The second kappa shape index (κ2) is 5.68. The van der Waals surface area contributed by atoms with Gasteiger partial charge in [-0.05, 0) is 18.1 Å². The molecule has 1 heterocycles. The fourth-order valence-corrected chi connectivity index (χ4v) is 3.30. The lowest BCUT2D eigenvalue weighted by Crippen LogP contribution is -2.12. The van der Waals surface area contributed by atoms with Crippen molar-refractivity contribution in [3.8, 4) is 0 Å². The highest BCUT2D eigenvalue weighted by Gasteiger charge is 2.22. The van der Waals surface area contributed by atoms with E-state index in [0.29, 0.717) is 17.6 Å². The van der Waals surface area contributed by atoms with Gasteiger partial charge in [0, 0.05) is 5.75 Å². The summed E-state index contributed by atoms with van der Waals surface area (Å²) in [5.74, 6) is 0.990. The molecule has 18 heavy (non-hydrogen) atoms. The van der Waals surface area contributed by atoms with E-state index in [1.54, 1.807) is 11.8 Å². The monoisotopic (exact) mass is 306 g/mol. The van der Waals surface area contributed by atoms with Crippen LogP contribution in [0.5, 0.6) is 0 Å². The minimum Gasteiger partial charge on any atom is -0.333 e. The van der Waals surface area contributed by atoms with Crippen LogP contribution in [-0.4, -0.2) is 17.0 Å². The fraction of sp³-hybridized carbons (Fsp3) is 0.417. The molecule has 2 rings (SSSR count). The molecule has 98 valence electrons. The fourth-order valence-electron chi connectivity index (χ4n) is 1.57. The van der Waals surface area contributed by atoms with Gasteiger partial charge in [0.15, 0.2) is 5.17 Å². The third kappa shape index (κ3) is 3.11. The molecule has 0 bridgehead atoms. The highest BCUT2D eigenvalue weighted by Crippen LogP contribution is 2.33. The van der Waals surface area contributed by atoms with Crippen LogP contribution in [0, 0.1) is 11.7 Å². The number of nitrogens with one attached hydrogen (secondary N) is 1. The second-order valence-electron chi connectivity index (χ2n) is 4.43. The Kier molecular flexibility index (Phi) is 4.41. The molecule has 0 radical (unpaired) electrons. The third-order valence-corrected chi connectivity index (χ3v) is 4.27. The van der Waals surface area contributed by atoms with Gasteiger partial charge in [-0.15, -0.1) is 0 Å². The topological polar surface area (TPSA) is 24.4 Å². The number of rotatable bonds is 2. The van der Waals surface area contributed by atoms with Crippen molar-refractivity contribution in [2.24, 2.45) is 10.9 Å². The summed E-state index contributed by atoms with van der Waals surface area (Å²) in [5, 5.41) is 4.37.